The molecule has 0 N–H and O–H groups in total. The lowest BCUT2D eigenvalue weighted by atomic mass is 10.2. The normalized spacial score (nSPS) is 10.6. The van der Waals surface area contributed by atoms with Gasteiger partial charge >= 0.3 is 0 Å². The van der Waals surface area contributed by atoms with Gasteiger partial charge in [-0.25, -0.2) is 0 Å². The van der Waals surface area contributed by atoms with Crippen molar-refractivity contribution < 1.29 is 0 Å². The van der Waals surface area contributed by atoms with Crippen molar-refractivity contribution in [2.45, 2.75) is 38.9 Å². The number of hydrogen-bond acceptors (Lipinski definition) is 0. The van der Waals surface area contributed by atoms with Crippen molar-refractivity contribution in [3.63, 3.8) is 0 Å². The summed E-state index contributed by atoms with van der Waals surface area (Å²) in [7, 11) is -1.34. The largest absolute Gasteiger partial charge is 0.136 e. The van der Waals surface area contributed by atoms with E-state index in [4.69, 9.17) is 0 Å². The highest BCUT2D eigenvalue weighted by Crippen LogP contribution is 2.10. The van der Waals surface area contributed by atoms with Crippen LogP contribution >= 0.6 is 0 Å². The topological polar surface area (TPSA) is 0 Å². The van der Waals surface area contributed by atoms with Gasteiger partial charge in [-0.1, -0.05) is 50.3 Å². The Hall–Kier alpha value is -1.00. The summed E-state index contributed by atoms with van der Waals surface area (Å²) in [5, 5.41) is 0. The summed E-state index contributed by atoms with van der Waals surface area (Å²) in [5.74, 6) is 3.31. The molecule has 0 aliphatic carbocycles. The molecule has 0 nitrogen and oxygen atoms in total. The molecule has 0 aromatic heterocycles. The van der Waals surface area contributed by atoms with Crippen molar-refractivity contribution >= 4 is 8.07 Å². The van der Waals surface area contributed by atoms with Crippen LogP contribution in [0, 0.1) is 11.5 Å². The highest BCUT2D eigenvalue weighted by atomic mass is 28.3. The Kier molecular flexibility index (Phi) is 4.65. The molecule has 0 saturated carbocycles. The number of unbranched alkanes of at least 4 members (excludes halogenated alkanes) is 1. The van der Waals surface area contributed by atoms with Gasteiger partial charge in [-0.3, -0.25) is 0 Å². The van der Waals surface area contributed by atoms with Gasteiger partial charge in [-0.2, -0.15) is 0 Å². The summed E-state index contributed by atoms with van der Waals surface area (Å²) in [6.07, 6.45) is 2.22. The third-order valence-corrected chi connectivity index (χ3v) is 4.44. The molecule has 1 aromatic carbocycles. The van der Waals surface area contributed by atoms with E-state index in [1.54, 1.807) is 0 Å². The van der Waals surface area contributed by atoms with Crippen molar-refractivity contribution in [1.82, 2.24) is 0 Å². The van der Waals surface area contributed by atoms with Crippen LogP contribution in [-0.4, -0.2) is 8.07 Å². The fraction of sp³-hybridized carbons (Fsp3) is 0.429. The van der Waals surface area contributed by atoms with Gasteiger partial charge in [0.05, 0.1) is 0 Å². The molecule has 1 rings (SSSR count). The standard InChI is InChI=1S/C14H20Si/c1-4-5-9-12-15(2,3)13-14-10-7-6-8-11-14/h6-8,10-11H,4-5,13H2,1-3H3. The Morgan fingerprint density at radius 3 is 2.40 bits per heavy atom. The summed E-state index contributed by atoms with van der Waals surface area (Å²) in [5.41, 5.74) is 4.93. The van der Waals surface area contributed by atoms with Crippen molar-refractivity contribution in [3.8, 4) is 11.5 Å². The molecule has 0 saturated heterocycles. The molecule has 0 aliphatic heterocycles. The molecular weight excluding hydrogens is 196 g/mol. The summed E-state index contributed by atoms with van der Waals surface area (Å²) in [6.45, 7) is 6.88. The van der Waals surface area contributed by atoms with Crippen molar-refractivity contribution in [2.75, 3.05) is 0 Å². The zero-order valence-corrected chi connectivity index (χ0v) is 11.0. The lowest BCUT2D eigenvalue weighted by molar-refractivity contribution is 0.983. The van der Waals surface area contributed by atoms with E-state index in [1.807, 2.05) is 0 Å². The third-order valence-electron chi connectivity index (χ3n) is 2.29. The quantitative estimate of drug-likeness (QED) is 0.532. The Balaban J connectivity index is 2.61. The van der Waals surface area contributed by atoms with Crippen LogP contribution in [0.25, 0.3) is 0 Å². The summed E-state index contributed by atoms with van der Waals surface area (Å²) < 4.78 is 0. The smallest absolute Gasteiger partial charge is 0.131 e. The molecule has 0 radical (unpaired) electrons. The minimum Gasteiger partial charge on any atom is -0.131 e. The molecule has 0 bridgehead atoms. The van der Waals surface area contributed by atoms with Crippen molar-refractivity contribution in [2.24, 2.45) is 0 Å². The predicted molar refractivity (Wildman–Crippen MR) is 70.3 cm³/mol. The number of benzene rings is 1. The molecule has 0 unspecified atom stereocenters. The minimum absolute atomic E-state index is 1.05. The molecule has 0 atom stereocenters. The van der Waals surface area contributed by atoms with Gasteiger partial charge in [-0.05, 0) is 18.0 Å². The molecule has 0 spiro atoms. The zero-order chi connectivity index (χ0) is 11.1. The first kappa shape index (κ1) is 12.1. The Bertz CT molecular complexity index is 341. The molecule has 15 heavy (non-hydrogen) atoms. The fourth-order valence-corrected chi connectivity index (χ4v) is 3.53. The van der Waals surface area contributed by atoms with Crippen LogP contribution in [0.1, 0.15) is 25.3 Å². The van der Waals surface area contributed by atoms with Crippen molar-refractivity contribution in [3.05, 3.63) is 35.9 Å². The monoisotopic (exact) mass is 216 g/mol. The van der Waals surface area contributed by atoms with Crippen molar-refractivity contribution in [1.29, 1.82) is 0 Å². The Morgan fingerprint density at radius 1 is 1.13 bits per heavy atom. The van der Waals surface area contributed by atoms with E-state index < -0.39 is 8.07 Å². The lowest BCUT2D eigenvalue weighted by Crippen LogP contribution is -2.27. The molecule has 80 valence electrons. The number of hydrogen-bond donors (Lipinski definition) is 0. The van der Waals surface area contributed by atoms with Gasteiger partial charge in [0.25, 0.3) is 0 Å². The average Bonchev–Trinajstić information content (AvgIpc) is 2.18. The van der Waals surface area contributed by atoms with E-state index in [1.165, 1.54) is 18.0 Å². The van der Waals surface area contributed by atoms with Gasteiger partial charge in [-0.15, -0.1) is 11.5 Å². The molecule has 0 aliphatic rings. The SMILES string of the molecule is CCCC#C[Si](C)(C)Cc1ccccc1. The van der Waals surface area contributed by atoms with Crippen LogP contribution in [0.4, 0.5) is 0 Å². The molecule has 1 heteroatoms. The average molecular weight is 216 g/mol. The summed E-state index contributed by atoms with van der Waals surface area (Å²) >= 11 is 0. The van der Waals surface area contributed by atoms with E-state index in [9.17, 15) is 0 Å². The van der Waals surface area contributed by atoms with Gasteiger partial charge in [0.1, 0.15) is 8.07 Å². The minimum atomic E-state index is -1.34. The van der Waals surface area contributed by atoms with E-state index in [2.05, 4.69) is 61.8 Å². The fourth-order valence-electron chi connectivity index (χ4n) is 1.58. The maximum atomic E-state index is 3.50. The second-order valence-electron chi connectivity index (χ2n) is 4.60. The number of rotatable bonds is 3. The molecule has 1 aromatic rings. The first-order chi connectivity index (χ1) is 7.14. The van der Waals surface area contributed by atoms with Crippen LogP contribution in [0.2, 0.25) is 13.1 Å². The predicted octanol–water partition coefficient (Wildman–Crippen LogP) is 3.82. The lowest BCUT2D eigenvalue weighted by Gasteiger charge is -2.14. The van der Waals surface area contributed by atoms with Crippen LogP contribution in [-0.2, 0) is 6.04 Å². The van der Waals surface area contributed by atoms with E-state index in [0.717, 1.165) is 6.42 Å². The van der Waals surface area contributed by atoms with Gasteiger partial charge < -0.3 is 0 Å². The second-order valence-corrected chi connectivity index (χ2v) is 8.97. The van der Waals surface area contributed by atoms with Crippen LogP contribution < -0.4 is 0 Å². The Morgan fingerprint density at radius 2 is 1.80 bits per heavy atom. The van der Waals surface area contributed by atoms with E-state index in [-0.39, 0.29) is 0 Å². The van der Waals surface area contributed by atoms with Gasteiger partial charge in [0, 0.05) is 6.42 Å². The van der Waals surface area contributed by atoms with E-state index >= 15 is 0 Å². The van der Waals surface area contributed by atoms with Crippen LogP contribution in [0.15, 0.2) is 30.3 Å². The van der Waals surface area contributed by atoms with Gasteiger partial charge in [0.2, 0.25) is 0 Å². The Labute approximate surface area is 94.7 Å². The first-order valence-electron chi connectivity index (χ1n) is 5.68. The summed E-state index contributed by atoms with van der Waals surface area (Å²) in [6, 6.07) is 11.9. The zero-order valence-electron chi connectivity index (χ0n) is 10.0. The molecule has 0 amide bonds. The molecule has 0 heterocycles. The van der Waals surface area contributed by atoms with Gasteiger partial charge in [0.15, 0.2) is 0 Å². The molecule has 0 fully saturated rings. The van der Waals surface area contributed by atoms with Crippen LogP contribution in [0.5, 0.6) is 0 Å². The third kappa shape index (κ3) is 4.85. The summed E-state index contributed by atoms with van der Waals surface area (Å²) in [4.78, 5) is 0. The highest BCUT2D eigenvalue weighted by molar-refractivity contribution is 6.84. The second kappa shape index (κ2) is 5.78. The van der Waals surface area contributed by atoms with E-state index in [0.29, 0.717) is 0 Å². The van der Waals surface area contributed by atoms with Crippen LogP contribution in [0.3, 0.4) is 0 Å². The first-order valence-corrected chi connectivity index (χ1v) is 8.89. The maximum Gasteiger partial charge on any atom is 0.136 e. The highest BCUT2D eigenvalue weighted by Gasteiger charge is 2.17. The maximum absolute atomic E-state index is 3.50. The molecular formula is C14H20Si.